The maximum atomic E-state index is 11.6. The van der Waals surface area contributed by atoms with Crippen molar-refractivity contribution < 1.29 is 4.79 Å². The average molecular weight is 219 g/mol. The highest BCUT2D eigenvalue weighted by Crippen LogP contribution is 2.19. The molecule has 2 rings (SSSR count). The largest absolute Gasteiger partial charge is 0.352 e. The van der Waals surface area contributed by atoms with Crippen LogP contribution in [0.25, 0.3) is 0 Å². The third kappa shape index (κ3) is 2.95. The summed E-state index contributed by atoms with van der Waals surface area (Å²) in [4.78, 5) is 11.6. The first-order valence-electron chi connectivity index (χ1n) is 5.81. The lowest BCUT2D eigenvalue weighted by Gasteiger charge is -2.12. The van der Waals surface area contributed by atoms with E-state index in [1.165, 1.54) is 37.5 Å². The lowest BCUT2D eigenvalue weighted by molar-refractivity contribution is 0.0954. The number of carbonyl (C=O) groups is 1. The number of carbonyl (C=O) groups excluding carboxylic acids is 1. The maximum Gasteiger partial charge on any atom is 0.254 e. The van der Waals surface area contributed by atoms with Gasteiger partial charge < -0.3 is 5.32 Å². The Morgan fingerprint density at radius 2 is 2.44 bits per heavy atom. The van der Waals surface area contributed by atoms with E-state index in [9.17, 15) is 4.79 Å². The molecule has 1 aliphatic carbocycles. The summed E-state index contributed by atoms with van der Waals surface area (Å²) in [7, 11) is 0. The van der Waals surface area contributed by atoms with E-state index in [1.807, 2.05) is 0 Å². The van der Waals surface area contributed by atoms with Crippen molar-refractivity contribution in [3.05, 3.63) is 29.6 Å². The van der Waals surface area contributed by atoms with Crippen molar-refractivity contribution in [1.82, 2.24) is 15.5 Å². The Labute approximate surface area is 95.1 Å². The van der Waals surface area contributed by atoms with Crippen LogP contribution in [0.1, 0.15) is 42.5 Å². The first-order valence-corrected chi connectivity index (χ1v) is 5.81. The highest BCUT2D eigenvalue weighted by molar-refractivity contribution is 5.93. The molecule has 1 aromatic heterocycles. The van der Waals surface area contributed by atoms with E-state index < -0.39 is 0 Å². The van der Waals surface area contributed by atoms with Gasteiger partial charge in [-0.05, 0) is 32.1 Å². The van der Waals surface area contributed by atoms with Crippen LogP contribution < -0.4 is 5.32 Å². The van der Waals surface area contributed by atoms with Gasteiger partial charge in [-0.15, -0.1) is 0 Å². The molecule has 0 saturated heterocycles. The molecular formula is C12H17N3O. The monoisotopic (exact) mass is 219 g/mol. The number of hydrogen-bond acceptors (Lipinski definition) is 2. The zero-order valence-corrected chi connectivity index (χ0v) is 9.33. The van der Waals surface area contributed by atoms with Gasteiger partial charge in [0, 0.05) is 12.7 Å². The lowest BCUT2D eigenvalue weighted by Crippen LogP contribution is -2.24. The zero-order valence-electron chi connectivity index (χ0n) is 9.33. The predicted molar refractivity (Wildman–Crippen MR) is 62.1 cm³/mol. The molecule has 0 atom stereocenters. The summed E-state index contributed by atoms with van der Waals surface area (Å²) in [5.74, 6) is -0.0508. The molecule has 0 aromatic carbocycles. The van der Waals surface area contributed by atoms with Gasteiger partial charge in [0.2, 0.25) is 0 Å². The molecule has 2 N–H and O–H groups in total. The fourth-order valence-electron chi connectivity index (χ4n) is 1.95. The summed E-state index contributed by atoms with van der Waals surface area (Å²) in [5, 5.41) is 9.26. The normalized spacial score (nSPS) is 15.6. The van der Waals surface area contributed by atoms with E-state index in [4.69, 9.17) is 0 Å². The number of aromatic nitrogens is 2. The van der Waals surface area contributed by atoms with E-state index in [0.717, 1.165) is 13.0 Å². The van der Waals surface area contributed by atoms with Gasteiger partial charge >= 0.3 is 0 Å². The van der Waals surface area contributed by atoms with Gasteiger partial charge in [0.25, 0.3) is 5.91 Å². The summed E-state index contributed by atoms with van der Waals surface area (Å²) in [6.07, 6.45) is 11.4. The van der Waals surface area contributed by atoms with Crippen LogP contribution in [0.4, 0.5) is 0 Å². The van der Waals surface area contributed by atoms with Crippen LogP contribution in [0.2, 0.25) is 0 Å². The number of nitrogens with one attached hydrogen (secondary N) is 2. The average Bonchev–Trinajstić information content (AvgIpc) is 2.84. The van der Waals surface area contributed by atoms with Gasteiger partial charge in [-0.2, -0.15) is 5.10 Å². The summed E-state index contributed by atoms with van der Waals surface area (Å²) < 4.78 is 0. The molecule has 1 aromatic rings. The van der Waals surface area contributed by atoms with Crippen molar-refractivity contribution in [1.29, 1.82) is 0 Å². The molecule has 4 nitrogen and oxygen atoms in total. The Morgan fingerprint density at radius 1 is 1.50 bits per heavy atom. The second kappa shape index (κ2) is 5.49. The van der Waals surface area contributed by atoms with Crippen molar-refractivity contribution in [2.45, 2.75) is 32.1 Å². The van der Waals surface area contributed by atoms with Crippen molar-refractivity contribution in [2.75, 3.05) is 6.54 Å². The fourth-order valence-corrected chi connectivity index (χ4v) is 1.95. The Hall–Kier alpha value is -1.58. The van der Waals surface area contributed by atoms with Crippen LogP contribution in [-0.2, 0) is 0 Å². The smallest absolute Gasteiger partial charge is 0.254 e. The summed E-state index contributed by atoms with van der Waals surface area (Å²) in [5.41, 5.74) is 2.08. The number of aromatic amines is 1. The highest BCUT2D eigenvalue weighted by Gasteiger charge is 2.07. The molecule has 4 heteroatoms. The molecular weight excluding hydrogens is 202 g/mol. The van der Waals surface area contributed by atoms with Crippen LogP contribution in [0.3, 0.4) is 0 Å². The number of amides is 1. The summed E-state index contributed by atoms with van der Waals surface area (Å²) in [6, 6.07) is 0. The minimum atomic E-state index is -0.0508. The van der Waals surface area contributed by atoms with E-state index in [-0.39, 0.29) is 5.91 Å². The topological polar surface area (TPSA) is 57.8 Å². The standard InChI is InChI=1S/C12H17N3O/c16-12(11-8-14-15-9-11)13-7-6-10-4-2-1-3-5-10/h4,8-9H,1-3,5-7H2,(H,13,16)(H,14,15). The number of rotatable bonds is 4. The van der Waals surface area contributed by atoms with E-state index in [2.05, 4.69) is 21.6 Å². The lowest BCUT2D eigenvalue weighted by atomic mass is 9.97. The van der Waals surface area contributed by atoms with Gasteiger partial charge in [0.15, 0.2) is 0 Å². The number of hydrogen-bond donors (Lipinski definition) is 2. The molecule has 16 heavy (non-hydrogen) atoms. The van der Waals surface area contributed by atoms with Crippen molar-refractivity contribution in [3.8, 4) is 0 Å². The van der Waals surface area contributed by atoms with Gasteiger partial charge in [0.1, 0.15) is 0 Å². The van der Waals surface area contributed by atoms with E-state index in [1.54, 1.807) is 6.20 Å². The number of H-pyrrole nitrogens is 1. The van der Waals surface area contributed by atoms with Crippen LogP contribution in [0, 0.1) is 0 Å². The van der Waals surface area contributed by atoms with Crippen LogP contribution in [0.5, 0.6) is 0 Å². The molecule has 0 radical (unpaired) electrons. The summed E-state index contributed by atoms with van der Waals surface area (Å²) >= 11 is 0. The van der Waals surface area contributed by atoms with Crippen LogP contribution >= 0.6 is 0 Å². The molecule has 1 heterocycles. The molecule has 0 spiro atoms. The SMILES string of the molecule is O=C(NCCC1=CCCCC1)c1cn[nH]c1. The molecule has 0 aliphatic heterocycles. The predicted octanol–water partition coefficient (Wildman–Crippen LogP) is 2.03. The van der Waals surface area contributed by atoms with Crippen molar-refractivity contribution in [3.63, 3.8) is 0 Å². The fraction of sp³-hybridized carbons (Fsp3) is 0.500. The molecule has 1 aliphatic rings. The molecule has 0 saturated carbocycles. The first-order chi connectivity index (χ1) is 7.86. The highest BCUT2D eigenvalue weighted by atomic mass is 16.1. The quantitative estimate of drug-likeness (QED) is 0.761. The minimum Gasteiger partial charge on any atom is -0.352 e. The van der Waals surface area contributed by atoms with Crippen LogP contribution in [-0.4, -0.2) is 22.6 Å². The van der Waals surface area contributed by atoms with Gasteiger partial charge in [-0.1, -0.05) is 11.6 Å². The van der Waals surface area contributed by atoms with Gasteiger partial charge in [0.05, 0.1) is 11.8 Å². The molecule has 0 bridgehead atoms. The van der Waals surface area contributed by atoms with Gasteiger partial charge in [-0.3, -0.25) is 9.89 Å². The Morgan fingerprint density at radius 3 is 3.12 bits per heavy atom. The minimum absolute atomic E-state index is 0.0508. The third-order valence-electron chi connectivity index (χ3n) is 2.88. The number of allylic oxidation sites excluding steroid dienone is 1. The second-order valence-corrected chi connectivity index (χ2v) is 4.10. The maximum absolute atomic E-state index is 11.6. The van der Waals surface area contributed by atoms with E-state index >= 15 is 0 Å². The Bertz CT molecular complexity index is 368. The Balaban J connectivity index is 1.72. The van der Waals surface area contributed by atoms with Crippen LogP contribution in [0.15, 0.2) is 24.0 Å². The van der Waals surface area contributed by atoms with Crippen molar-refractivity contribution >= 4 is 5.91 Å². The van der Waals surface area contributed by atoms with E-state index in [0.29, 0.717) is 5.56 Å². The number of nitrogens with zero attached hydrogens (tertiary/aromatic N) is 1. The third-order valence-corrected chi connectivity index (χ3v) is 2.88. The molecule has 1 amide bonds. The molecule has 86 valence electrons. The Kier molecular flexibility index (Phi) is 3.75. The summed E-state index contributed by atoms with van der Waals surface area (Å²) in [6.45, 7) is 0.718. The molecule has 0 unspecified atom stereocenters. The first kappa shape index (κ1) is 10.9. The zero-order chi connectivity index (χ0) is 11.2. The van der Waals surface area contributed by atoms with Gasteiger partial charge in [-0.25, -0.2) is 0 Å². The second-order valence-electron chi connectivity index (χ2n) is 4.10. The van der Waals surface area contributed by atoms with Crippen molar-refractivity contribution in [2.24, 2.45) is 0 Å². The molecule has 0 fully saturated rings.